The Bertz CT molecular complexity index is 415. The molecule has 0 saturated carbocycles. The number of nitrogens with zero attached hydrogens (tertiary/aromatic N) is 3. The lowest BCUT2D eigenvalue weighted by molar-refractivity contribution is 0.279. The summed E-state index contributed by atoms with van der Waals surface area (Å²) < 4.78 is 10.5. The van der Waals surface area contributed by atoms with Crippen molar-refractivity contribution in [2.75, 3.05) is 21.3 Å². The van der Waals surface area contributed by atoms with Gasteiger partial charge in [-0.05, 0) is 14.0 Å². The Morgan fingerprint density at radius 3 is 2.71 bits per heavy atom. The molecule has 0 aromatic carbocycles. The van der Waals surface area contributed by atoms with Gasteiger partial charge in [-0.2, -0.15) is 5.26 Å². The molecule has 1 aromatic heterocycles. The van der Waals surface area contributed by atoms with E-state index in [4.69, 9.17) is 14.7 Å². The van der Waals surface area contributed by atoms with Crippen LogP contribution in [0, 0.1) is 11.3 Å². The Morgan fingerprint density at radius 1 is 1.47 bits per heavy atom. The third kappa shape index (κ3) is 3.08. The van der Waals surface area contributed by atoms with Crippen LogP contribution >= 0.6 is 0 Å². The average molecular weight is 235 g/mol. The number of methoxy groups -OCH3 is 2. The average Bonchev–Trinajstić information content (AvgIpc) is 2.37. The maximum Gasteiger partial charge on any atom is 0.183 e. The molecule has 92 valence electrons. The maximum atomic E-state index is 8.84. The second kappa shape index (κ2) is 6.06. The predicted molar refractivity (Wildman–Crippen MR) is 63.9 cm³/mol. The van der Waals surface area contributed by atoms with Gasteiger partial charge in [0, 0.05) is 18.8 Å². The fourth-order valence-corrected chi connectivity index (χ4v) is 1.43. The first-order valence-electron chi connectivity index (χ1n) is 5.29. The van der Waals surface area contributed by atoms with Crippen LogP contribution in [-0.4, -0.2) is 37.2 Å². The zero-order chi connectivity index (χ0) is 12.8. The molecule has 1 atom stereocenters. The molecule has 1 rings (SSSR count). The second-order valence-corrected chi connectivity index (χ2v) is 3.71. The van der Waals surface area contributed by atoms with Crippen LogP contribution in [-0.2, 0) is 6.54 Å². The third-order valence-electron chi connectivity index (χ3n) is 2.61. The van der Waals surface area contributed by atoms with Gasteiger partial charge >= 0.3 is 0 Å². The third-order valence-corrected chi connectivity index (χ3v) is 2.61. The zero-order valence-corrected chi connectivity index (χ0v) is 10.6. The first-order valence-corrected chi connectivity index (χ1v) is 5.29. The maximum absolute atomic E-state index is 8.84. The molecule has 0 aliphatic heterocycles. The van der Waals surface area contributed by atoms with Gasteiger partial charge in [-0.3, -0.25) is 9.88 Å². The van der Waals surface area contributed by atoms with E-state index in [1.807, 2.05) is 18.9 Å². The lowest BCUT2D eigenvalue weighted by Gasteiger charge is -2.20. The summed E-state index contributed by atoms with van der Waals surface area (Å²) in [6.07, 6.45) is 1.67. The Balaban J connectivity index is 2.95. The van der Waals surface area contributed by atoms with Crippen molar-refractivity contribution in [3.05, 3.63) is 18.0 Å². The summed E-state index contributed by atoms with van der Waals surface area (Å²) in [4.78, 5) is 6.15. The van der Waals surface area contributed by atoms with Crippen molar-refractivity contribution >= 4 is 0 Å². The van der Waals surface area contributed by atoms with E-state index in [-0.39, 0.29) is 6.04 Å². The largest absolute Gasteiger partial charge is 0.493 e. The van der Waals surface area contributed by atoms with E-state index in [9.17, 15) is 0 Å². The predicted octanol–water partition coefficient (Wildman–Crippen LogP) is 1.44. The van der Waals surface area contributed by atoms with Crippen molar-refractivity contribution in [3.8, 4) is 17.6 Å². The van der Waals surface area contributed by atoms with Crippen molar-refractivity contribution < 1.29 is 9.47 Å². The molecule has 0 fully saturated rings. The minimum atomic E-state index is -0.173. The fourth-order valence-electron chi connectivity index (χ4n) is 1.43. The highest BCUT2D eigenvalue weighted by atomic mass is 16.5. The van der Waals surface area contributed by atoms with Crippen LogP contribution in [0.1, 0.15) is 12.6 Å². The highest BCUT2D eigenvalue weighted by Crippen LogP contribution is 2.29. The molecule has 0 radical (unpaired) electrons. The topological polar surface area (TPSA) is 58.4 Å². The smallest absolute Gasteiger partial charge is 0.183 e. The molecule has 1 heterocycles. The first-order chi connectivity index (χ1) is 8.13. The lowest BCUT2D eigenvalue weighted by Crippen LogP contribution is -2.27. The molecule has 5 heteroatoms. The van der Waals surface area contributed by atoms with Crippen LogP contribution in [0.2, 0.25) is 0 Å². The van der Waals surface area contributed by atoms with Gasteiger partial charge in [0.25, 0.3) is 0 Å². The minimum absolute atomic E-state index is 0.173. The quantitative estimate of drug-likeness (QED) is 0.773. The number of rotatable bonds is 5. The Labute approximate surface area is 102 Å². The van der Waals surface area contributed by atoms with E-state index in [0.29, 0.717) is 18.0 Å². The molecule has 0 bridgehead atoms. The van der Waals surface area contributed by atoms with Crippen molar-refractivity contribution in [2.24, 2.45) is 0 Å². The van der Waals surface area contributed by atoms with Gasteiger partial charge in [-0.1, -0.05) is 0 Å². The summed E-state index contributed by atoms with van der Waals surface area (Å²) in [6.45, 7) is 2.38. The van der Waals surface area contributed by atoms with Gasteiger partial charge in [0.2, 0.25) is 0 Å². The Kier molecular flexibility index (Phi) is 4.73. The summed E-state index contributed by atoms with van der Waals surface area (Å²) in [5, 5.41) is 8.84. The number of aromatic nitrogens is 1. The highest BCUT2D eigenvalue weighted by molar-refractivity contribution is 5.42. The molecule has 1 unspecified atom stereocenters. The molecule has 0 saturated heterocycles. The van der Waals surface area contributed by atoms with E-state index in [1.54, 1.807) is 26.5 Å². The number of ether oxygens (including phenoxy) is 2. The fraction of sp³-hybridized carbons (Fsp3) is 0.500. The van der Waals surface area contributed by atoms with E-state index in [0.717, 1.165) is 5.69 Å². The summed E-state index contributed by atoms with van der Waals surface area (Å²) in [6, 6.07) is 3.75. The van der Waals surface area contributed by atoms with Gasteiger partial charge in [0.05, 0.1) is 26.3 Å². The van der Waals surface area contributed by atoms with Crippen molar-refractivity contribution in [2.45, 2.75) is 19.5 Å². The van der Waals surface area contributed by atoms with Crippen LogP contribution in [0.5, 0.6) is 11.5 Å². The molecule has 0 aliphatic carbocycles. The molecule has 0 aliphatic rings. The molecule has 0 spiro atoms. The van der Waals surface area contributed by atoms with Crippen molar-refractivity contribution in [1.29, 1.82) is 5.26 Å². The molecule has 5 nitrogen and oxygen atoms in total. The van der Waals surface area contributed by atoms with Crippen molar-refractivity contribution in [3.63, 3.8) is 0 Å². The normalized spacial score (nSPS) is 12.0. The lowest BCUT2D eigenvalue weighted by atomic mass is 10.2. The molecule has 0 N–H and O–H groups in total. The number of hydrogen-bond acceptors (Lipinski definition) is 5. The Hall–Kier alpha value is -1.80. The minimum Gasteiger partial charge on any atom is -0.493 e. The van der Waals surface area contributed by atoms with Crippen LogP contribution in [0.4, 0.5) is 0 Å². The summed E-state index contributed by atoms with van der Waals surface area (Å²) >= 11 is 0. The molecular weight excluding hydrogens is 218 g/mol. The van der Waals surface area contributed by atoms with E-state index in [2.05, 4.69) is 11.1 Å². The van der Waals surface area contributed by atoms with E-state index < -0.39 is 0 Å². The van der Waals surface area contributed by atoms with Gasteiger partial charge in [0.15, 0.2) is 11.5 Å². The second-order valence-electron chi connectivity index (χ2n) is 3.71. The van der Waals surface area contributed by atoms with Gasteiger partial charge in [-0.15, -0.1) is 0 Å². The monoisotopic (exact) mass is 235 g/mol. The SMILES string of the molecule is COc1ccnc(CN(C)C(C)C#N)c1OC. The van der Waals surface area contributed by atoms with Gasteiger partial charge in [-0.25, -0.2) is 0 Å². The van der Waals surface area contributed by atoms with Crippen LogP contribution < -0.4 is 9.47 Å². The zero-order valence-electron chi connectivity index (χ0n) is 10.6. The van der Waals surface area contributed by atoms with Crippen molar-refractivity contribution in [1.82, 2.24) is 9.88 Å². The standard InChI is InChI=1S/C12H17N3O2/c1-9(7-13)15(2)8-10-12(17-4)11(16-3)5-6-14-10/h5-6,9H,8H2,1-4H3. The van der Waals surface area contributed by atoms with Crippen LogP contribution in [0.25, 0.3) is 0 Å². The summed E-state index contributed by atoms with van der Waals surface area (Å²) in [5.41, 5.74) is 0.761. The number of nitriles is 1. The van der Waals surface area contributed by atoms with Gasteiger partial charge in [0.1, 0.15) is 5.69 Å². The van der Waals surface area contributed by atoms with Crippen LogP contribution in [0.15, 0.2) is 12.3 Å². The van der Waals surface area contributed by atoms with E-state index in [1.165, 1.54) is 0 Å². The Morgan fingerprint density at radius 2 is 2.18 bits per heavy atom. The first kappa shape index (κ1) is 13.3. The summed E-state index contributed by atoms with van der Waals surface area (Å²) in [7, 11) is 5.04. The molecule has 17 heavy (non-hydrogen) atoms. The van der Waals surface area contributed by atoms with E-state index >= 15 is 0 Å². The molecular formula is C12H17N3O2. The van der Waals surface area contributed by atoms with Crippen LogP contribution in [0.3, 0.4) is 0 Å². The number of hydrogen-bond donors (Lipinski definition) is 0. The van der Waals surface area contributed by atoms with Gasteiger partial charge < -0.3 is 9.47 Å². The summed E-state index contributed by atoms with van der Waals surface area (Å²) in [5.74, 6) is 1.27. The highest BCUT2D eigenvalue weighted by Gasteiger charge is 2.15. The number of pyridine rings is 1. The molecule has 0 amide bonds. The molecule has 1 aromatic rings.